The first kappa shape index (κ1) is 23.6. The molecule has 2 aromatic carbocycles. The molecule has 1 N–H and O–H groups in total. The first-order valence-electron chi connectivity index (χ1n) is 11.8. The van der Waals surface area contributed by atoms with Gasteiger partial charge in [0, 0.05) is 43.9 Å². The predicted molar refractivity (Wildman–Crippen MR) is 130 cm³/mol. The maximum atomic E-state index is 12.6. The molecule has 1 saturated heterocycles. The minimum atomic E-state index is -0.0177. The number of carbonyl (C=O) groups is 2. The number of hydrogen-bond acceptors (Lipinski definition) is 6. The van der Waals surface area contributed by atoms with E-state index in [1.807, 2.05) is 59.5 Å². The second kappa shape index (κ2) is 11.5. The van der Waals surface area contributed by atoms with Crippen LogP contribution in [0.3, 0.4) is 0 Å². The van der Waals surface area contributed by atoms with Crippen molar-refractivity contribution in [2.45, 2.75) is 32.7 Å². The van der Waals surface area contributed by atoms with Crippen LogP contribution in [-0.4, -0.2) is 74.5 Å². The van der Waals surface area contributed by atoms with E-state index in [2.05, 4.69) is 32.6 Å². The largest absolute Gasteiger partial charge is 0.340 e. The molecular weight excluding hydrogens is 430 g/mol. The van der Waals surface area contributed by atoms with Gasteiger partial charge in [0.2, 0.25) is 17.6 Å². The first-order valence-corrected chi connectivity index (χ1v) is 11.8. The summed E-state index contributed by atoms with van der Waals surface area (Å²) in [4.78, 5) is 30.6. The van der Waals surface area contributed by atoms with E-state index in [-0.39, 0.29) is 11.8 Å². The third-order valence-electron chi connectivity index (χ3n) is 6.00. The van der Waals surface area contributed by atoms with Crippen LogP contribution in [0.15, 0.2) is 54.6 Å². The Morgan fingerprint density at radius 3 is 2.47 bits per heavy atom. The zero-order valence-corrected chi connectivity index (χ0v) is 19.6. The van der Waals surface area contributed by atoms with Gasteiger partial charge in [-0.1, -0.05) is 55.5 Å². The van der Waals surface area contributed by atoms with Crippen molar-refractivity contribution < 1.29 is 9.59 Å². The van der Waals surface area contributed by atoms with Gasteiger partial charge >= 0.3 is 0 Å². The van der Waals surface area contributed by atoms with Crippen molar-refractivity contribution in [3.8, 4) is 11.4 Å². The Labute approximate surface area is 199 Å². The van der Waals surface area contributed by atoms with E-state index in [0.717, 1.165) is 23.2 Å². The first-order chi connectivity index (χ1) is 16.6. The van der Waals surface area contributed by atoms with Crippen molar-refractivity contribution >= 4 is 17.5 Å². The molecule has 9 nitrogen and oxygen atoms in total. The minimum Gasteiger partial charge on any atom is -0.340 e. The number of anilines is 1. The molecule has 9 heteroatoms. The molecule has 2 heterocycles. The van der Waals surface area contributed by atoms with Gasteiger partial charge in [-0.25, -0.2) is 0 Å². The lowest BCUT2D eigenvalue weighted by Crippen LogP contribution is -2.50. The number of amides is 2. The Bertz CT molecular complexity index is 1090. The van der Waals surface area contributed by atoms with Crippen molar-refractivity contribution in [1.82, 2.24) is 30.0 Å². The van der Waals surface area contributed by atoms with Crippen LogP contribution in [0.5, 0.6) is 0 Å². The highest BCUT2D eigenvalue weighted by molar-refractivity contribution is 5.93. The number of nitrogens with one attached hydrogen (secondary N) is 1. The third-order valence-corrected chi connectivity index (χ3v) is 6.00. The topological polar surface area (TPSA) is 96.2 Å². The molecule has 0 aliphatic carbocycles. The zero-order chi connectivity index (χ0) is 23.8. The highest BCUT2D eigenvalue weighted by atomic mass is 16.2. The molecule has 2 amide bonds. The van der Waals surface area contributed by atoms with Crippen LogP contribution in [0.25, 0.3) is 11.4 Å². The van der Waals surface area contributed by atoms with Gasteiger partial charge in [0.05, 0.1) is 13.1 Å². The van der Waals surface area contributed by atoms with E-state index in [0.29, 0.717) is 57.9 Å². The van der Waals surface area contributed by atoms with Gasteiger partial charge in [-0.05, 0) is 29.7 Å². The van der Waals surface area contributed by atoms with Gasteiger partial charge in [-0.3, -0.25) is 14.5 Å². The van der Waals surface area contributed by atoms with Crippen LogP contribution < -0.4 is 5.32 Å². The molecule has 1 aromatic heterocycles. The molecule has 0 bridgehead atoms. The Morgan fingerprint density at radius 2 is 1.71 bits per heavy atom. The summed E-state index contributed by atoms with van der Waals surface area (Å²) in [6, 6.07) is 17.6. The molecule has 1 fully saturated rings. The fourth-order valence-electron chi connectivity index (χ4n) is 4.07. The molecule has 0 saturated carbocycles. The molecule has 1 aliphatic rings. The van der Waals surface area contributed by atoms with Crippen LogP contribution in [0.4, 0.5) is 5.69 Å². The molecule has 1 aliphatic heterocycles. The number of aromatic nitrogens is 4. The molecule has 3 aromatic rings. The molecule has 0 spiro atoms. The van der Waals surface area contributed by atoms with Gasteiger partial charge in [-0.2, -0.15) is 4.80 Å². The fraction of sp³-hybridized carbons (Fsp3) is 0.400. The summed E-state index contributed by atoms with van der Waals surface area (Å²) >= 11 is 0. The third kappa shape index (κ3) is 6.26. The number of carbonyl (C=O) groups excluding carboxylic acids is 2. The van der Waals surface area contributed by atoms with E-state index >= 15 is 0 Å². The van der Waals surface area contributed by atoms with Gasteiger partial charge in [0.15, 0.2) is 0 Å². The lowest BCUT2D eigenvalue weighted by molar-refractivity contribution is -0.133. The van der Waals surface area contributed by atoms with E-state index in [9.17, 15) is 9.59 Å². The molecule has 4 rings (SSSR count). The van der Waals surface area contributed by atoms with Crippen LogP contribution in [-0.2, 0) is 22.6 Å². The second-order valence-electron chi connectivity index (χ2n) is 8.39. The Morgan fingerprint density at radius 1 is 0.971 bits per heavy atom. The normalized spacial score (nSPS) is 14.2. The predicted octanol–water partition coefficient (Wildman–Crippen LogP) is 2.47. The Kier molecular flexibility index (Phi) is 7.98. The van der Waals surface area contributed by atoms with E-state index < -0.39 is 0 Å². The average Bonchev–Trinajstić information content (AvgIpc) is 3.34. The standard InChI is InChI=1S/C25H31N7O2/c1-2-20-9-6-7-12-22(20)26-23(33)19-30-15-17-31(18-16-30)24(34)13-8-14-32-28-25(27-29-32)21-10-4-3-5-11-21/h3-7,9-12H,2,8,13-19H2,1H3,(H,26,33). The van der Waals surface area contributed by atoms with Crippen molar-refractivity contribution in [1.29, 1.82) is 0 Å². The van der Waals surface area contributed by atoms with Crippen molar-refractivity contribution in [3.05, 3.63) is 60.2 Å². The van der Waals surface area contributed by atoms with Gasteiger partial charge in [0.1, 0.15) is 0 Å². The lowest BCUT2D eigenvalue weighted by atomic mass is 10.1. The molecule has 0 radical (unpaired) electrons. The zero-order valence-electron chi connectivity index (χ0n) is 19.6. The maximum absolute atomic E-state index is 12.6. The van der Waals surface area contributed by atoms with Crippen LogP contribution in [0, 0.1) is 0 Å². The summed E-state index contributed by atoms with van der Waals surface area (Å²) in [5.74, 6) is 0.700. The van der Waals surface area contributed by atoms with Crippen molar-refractivity contribution in [2.24, 2.45) is 0 Å². The number of piperazine rings is 1. The summed E-state index contributed by atoms with van der Waals surface area (Å²) < 4.78 is 0. The summed E-state index contributed by atoms with van der Waals surface area (Å²) in [5.41, 5.74) is 2.93. The SMILES string of the molecule is CCc1ccccc1NC(=O)CN1CCN(C(=O)CCCn2nnc(-c3ccccc3)n2)CC1. The number of aryl methyl sites for hydroxylation is 2. The molecular formula is C25H31N7O2. The summed E-state index contributed by atoms with van der Waals surface area (Å²) in [6.45, 7) is 5.62. The van der Waals surface area contributed by atoms with Crippen molar-refractivity contribution in [3.63, 3.8) is 0 Å². The van der Waals surface area contributed by atoms with E-state index in [1.165, 1.54) is 0 Å². The fourth-order valence-corrected chi connectivity index (χ4v) is 4.07. The van der Waals surface area contributed by atoms with E-state index in [1.54, 1.807) is 4.80 Å². The minimum absolute atomic E-state index is 0.0177. The number of nitrogens with zero attached hydrogens (tertiary/aromatic N) is 6. The van der Waals surface area contributed by atoms with Gasteiger partial charge < -0.3 is 10.2 Å². The average molecular weight is 462 g/mol. The Balaban J connectivity index is 1.16. The number of para-hydroxylation sites is 1. The molecule has 0 atom stereocenters. The highest BCUT2D eigenvalue weighted by Crippen LogP contribution is 2.16. The summed E-state index contributed by atoms with van der Waals surface area (Å²) in [6.07, 6.45) is 1.97. The lowest BCUT2D eigenvalue weighted by Gasteiger charge is -2.34. The summed E-state index contributed by atoms with van der Waals surface area (Å²) in [7, 11) is 0. The van der Waals surface area contributed by atoms with Crippen LogP contribution >= 0.6 is 0 Å². The Hall–Kier alpha value is -3.59. The van der Waals surface area contributed by atoms with Gasteiger partial charge in [0.25, 0.3) is 0 Å². The van der Waals surface area contributed by atoms with Crippen LogP contribution in [0.2, 0.25) is 0 Å². The number of rotatable bonds is 9. The number of hydrogen-bond donors (Lipinski definition) is 1. The summed E-state index contributed by atoms with van der Waals surface area (Å²) in [5, 5.41) is 15.6. The monoisotopic (exact) mass is 461 g/mol. The molecule has 178 valence electrons. The second-order valence-corrected chi connectivity index (χ2v) is 8.39. The molecule has 0 unspecified atom stereocenters. The number of tetrazole rings is 1. The smallest absolute Gasteiger partial charge is 0.238 e. The highest BCUT2D eigenvalue weighted by Gasteiger charge is 2.22. The quantitative estimate of drug-likeness (QED) is 0.526. The molecule has 34 heavy (non-hydrogen) atoms. The van der Waals surface area contributed by atoms with Crippen molar-refractivity contribution in [2.75, 3.05) is 38.0 Å². The number of benzene rings is 2. The van der Waals surface area contributed by atoms with Gasteiger partial charge in [-0.15, -0.1) is 10.2 Å². The van der Waals surface area contributed by atoms with E-state index in [4.69, 9.17) is 0 Å². The maximum Gasteiger partial charge on any atom is 0.238 e. The van der Waals surface area contributed by atoms with Crippen LogP contribution in [0.1, 0.15) is 25.3 Å².